The molecule has 1 aromatic carbocycles. The lowest BCUT2D eigenvalue weighted by Gasteiger charge is -2.16. The van der Waals surface area contributed by atoms with Crippen molar-refractivity contribution >= 4 is 0 Å². The van der Waals surface area contributed by atoms with Crippen molar-refractivity contribution in [3.8, 4) is 11.5 Å². The maximum absolute atomic E-state index is 5.65. The number of hydrogen-bond donors (Lipinski definition) is 1. The molecular formula is C13H21NO2. The molecule has 0 aromatic heterocycles. The molecular weight excluding hydrogens is 202 g/mol. The monoisotopic (exact) mass is 223 g/mol. The van der Waals surface area contributed by atoms with E-state index in [0.717, 1.165) is 17.9 Å². The standard InChI is InChI=1S/C13H21NO2/c1-9(8-14)5-12-10(2)6-11(15-3)7-13(12)16-4/h6-7,9H,5,8,14H2,1-4H3. The predicted octanol–water partition coefficient (Wildman–Crippen LogP) is 2.15. The van der Waals surface area contributed by atoms with Crippen molar-refractivity contribution < 1.29 is 9.47 Å². The molecule has 3 heteroatoms. The molecule has 0 amide bonds. The number of nitrogens with two attached hydrogens (primary N) is 1. The highest BCUT2D eigenvalue weighted by Gasteiger charge is 2.12. The molecule has 0 saturated carbocycles. The topological polar surface area (TPSA) is 44.5 Å². The van der Waals surface area contributed by atoms with Gasteiger partial charge in [-0.05, 0) is 43.0 Å². The molecule has 0 bridgehead atoms. The van der Waals surface area contributed by atoms with Crippen LogP contribution in [0.15, 0.2) is 12.1 Å². The van der Waals surface area contributed by atoms with Crippen LogP contribution in [0.1, 0.15) is 18.1 Å². The summed E-state index contributed by atoms with van der Waals surface area (Å²) in [7, 11) is 3.35. The molecule has 90 valence electrons. The number of hydrogen-bond acceptors (Lipinski definition) is 3. The van der Waals surface area contributed by atoms with Crippen LogP contribution in [0.2, 0.25) is 0 Å². The van der Waals surface area contributed by atoms with Crippen LogP contribution < -0.4 is 15.2 Å². The van der Waals surface area contributed by atoms with E-state index in [-0.39, 0.29) is 0 Å². The molecule has 0 spiro atoms. The molecule has 0 aliphatic carbocycles. The summed E-state index contributed by atoms with van der Waals surface area (Å²) in [5, 5.41) is 0. The second-order valence-corrected chi connectivity index (χ2v) is 4.17. The second kappa shape index (κ2) is 5.75. The van der Waals surface area contributed by atoms with Crippen LogP contribution in [0.3, 0.4) is 0 Å². The van der Waals surface area contributed by atoms with Gasteiger partial charge in [-0.15, -0.1) is 0 Å². The summed E-state index contributed by atoms with van der Waals surface area (Å²) >= 11 is 0. The fraction of sp³-hybridized carbons (Fsp3) is 0.538. The lowest BCUT2D eigenvalue weighted by Crippen LogP contribution is -2.14. The normalized spacial score (nSPS) is 12.3. The van der Waals surface area contributed by atoms with Gasteiger partial charge < -0.3 is 15.2 Å². The Hall–Kier alpha value is -1.22. The number of benzene rings is 1. The van der Waals surface area contributed by atoms with Crippen LogP contribution in [0.5, 0.6) is 11.5 Å². The van der Waals surface area contributed by atoms with Gasteiger partial charge in [0.15, 0.2) is 0 Å². The highest BCUT2D eigenvalue weighted by atomic mass is 16.5. The van der Waals surface area contributed by atoms with Crippen LogP contribution in [0.25, 0.3) is 0 Å². The molecule has 1 aromatic rings. The second-order valence-electron chi connectivity index (χ2n) is 4.17. The van der Waals surface area contributed by atoms with Crippen molar-refractivity contribution in [2.45, 2.75) is 20.3 Å². The van der Waals surface area contributed by atoms with Gasteiger partial charge in [0.1, 0.15) is 11.5 Å². The van der Waals surface area contributed by atoms with E-state index in [0.29, 0.717) is 12.5 Å². The SMILES string of the molecule is COc1cc(C)c(CC(C)CN)c(OC)c1. The molecule has 0 fully saturated rings. The summed E-state index contributed by atoms with van der Waals surface area (Å²) in [6.07, 6.45) is 0.940. The molecule has 0 aliphatic rings. The summed E-state index contributed by atoms with van der Waals surface area (Å²) in [6.45, 7) is 4.90. The first-order valence-electron chi connectivity index (χ1n) is 5.54. The molecule has 3 nitrogen and oxygen atoms in total. The van der Waals surface area contributed by atoms with E-state index in [1.807, 2.05) is 12.1 Å². The number of ether oxygens (including phenoxy) is 2. The molecule has 1 rings (SSSR count). The average molecular weight is 223 g/mol. The van der Waals surface area contributed by atoms with Crippen LogP contribution in [-0.2, 0) is 6.42 Å². The van der Waals surface area contributed by atoms with Crippen LogP contribution >= 0.6 is 0 Å². The fourth-order valence-corrected chi connectivity index (χ4v) is 1.75. The quantitative estimate of drug-likeness (QED) is 0.832. The van der Waals surface area contributed by atoms with Gasteiger partial charge in [0.05, 0.1) is 14.2 Å². The van der Waals surface area contributed by atoms with E-state index < -0.39 is 0 Å². The average Bonchev–Trinajstić information content (AvgIpc) is 2.30. The highest BCUT2D eigenvalue weighted by molar-refractivity contribution is 5.46. The lowest BCUT2D eigenvalue weighted by atomic mass is 9.96. The van der Waals surface area contributed by atoms with Crippen molar-refractivity contribution in [3.05, 3.63) is 23.3 Å². The summed E-state index contributed by atoms with van der Waals surface area (Å²) < 4.78 is 10.6. The largest absolute Gasteiger partial charge is 0.497 e. The van der Waals surface area contributed by atoms with E-state index >= 15 is 0 Å². The zero-order valence-corrected chi connectivity index (χ0v) is 10.5. The summed E-state index contributed by atoms with van der Waals surface area (Å²) in [6, 6.07) is 3.95. The van der Waals surface area contributed by atoms with Crippen molar-refractivity contribution in [3.63, 3.8) is 0 Å². The minimum absolute atomic E-state index is 0.459. The van der Waals surface area contributed by atoms with E-state index in [1.54, 1.807) is 14.2 Å². The predicted molar refractivity (Wildman–Crippen MR) is 66.2 cm³/mol. The third kappa shape index (κ3) is 2.89. The number of aryl methyl sites for hydroxylation is 1. The summed E-state index contributed by atoms with van der Waals surface area (Å²) in [5.74, 6) is 2.18. The Kier molecular flexibility index (Phi) is 4.62. The van der Waals surface area contributed by atoms with Gasteiger partial charge in [-0.25, -0.2) is 0 Å². The lowest BCUT2D eigenvalue weighted by molar-refractivity contribution is 0.388. The van der Waals surface area contributed by atoms with Crippen LogP contribution in [0.4, 0.5) is 0 Å². The third-order valence-electron chi connectivity index (χ3n) is 2.82. The Morgan fingerprint density at radius 2 is 1.94 bits per heavy atom. The Bertz CT molecular complexity index is 350. The van der Waals surface area contributed by atoms with Crippen LogP contribution in [0, 0.1) is 12.8 Å². The minimum Gasteiger partial charge on any atom is -0.497 e. The Morgan fingerprint density at radius 1 is 1.25 bits per heavy atom. The van der Waals surface area contributed by atoms with E-state index in [1.165, 1.54) is 11.1 Å². The molecule has 1 unspecified atom stereocenters. The van der Waals surface area contributed by atoms with Crippen molar-refractivity contribution in [1.29, 1.82) is 0 Å². The van der Waals surface area contributed by atoms with E-state index in [2.05, 4.69) is 13.8 Å². The maximum atomic E-state index is 5.65. The summed E-state index contributed by atoms with van der Waals surface area (Å²) in [4.78, 5) is 0. The first-order valence-corrected chi connectivity index (χ1v) is 5.54. The summed E-state index contributed by atoms with van der Waals surface area (Å²) in [5.41, 5.74) is 8.07. The Labute approximate surface area is 97.6 Å². The van der Waals surface area contributed by atoms with Gasteiger partial charge in [-0.3, -0.25) is 0 Å². The van der Waals surface area contributed by atoms with Gasteiger partial charge in [0, 0.05) is 6.07 Å². The van der Waals surface area contributed by atoms with Crippen molar-refractivity contribution in [1.82, 2.24) is 0 Å². The Balaban J connectivity index is 3.06. The molecule has 2 N–H and O–H groups in total. The van der Waals surface area contributed by atoms with E-state index in [4.69, 9.17) is 15.2 Å². The first-order chi connectivity index (χ1) is 7.62. The van der Waals surface area contributed by atoms with Gasteiger partial charge in [0.25, 0.3) is 0 Å². The first kappa shape index (κ1) is 12.8. The minimum atomic E-state index is 0.459. The number of rotatable bonds is 5. The highest BCUT2D eigenvalue weighted by Crippen LogP contribution is 2.30. The fourth-order valence-electron chi connectivity index (χ4n) is 1.75. The van der Waals surface area contributed by atoms with Gasteiger partial charge in [-0.1, -0.05) is 6.92 Å². The molecule has 0 saturated heterocycles. The molecule has 0 heterocycles. The van der Waals surface area contributed by atoms with Gasteiger partial charge in [-0.2, -0.15) is 0 Å². The number of methoxy groups -OCH3 is 2. The van der Waals surface area contributed by atoms with Gasteiger partial charge >= 0.3 is 0 Å². The molecule has 0 radical (unpaired) electrons. The van der Waals surface area contributed by atoms with Crippen molar-refractivity contribution in [2.75, 3.05) is 20.8 Å². The van der Waals surface area contributed by atoms with Gasteiger partial charge in [0.2, 0.25) is 0 Å². The smallest absolute Gasteiger partial charge is 0.126 e. The van der Waals surface area contributed by atoms with Crippen molar-refractivity contribution in [2.24, 2.45) is 11.7 Å². The zero-order chi connectivity index (χ0) is 12.1. The maximum Gasteiger partial charge on any atom is 0.126 e. The molecule has 1 atom stereocenters. The van der Waals surface area contributed by atoms with Crippen LogP contribution in [-0.4, -0.2) is 20.8 Å². The zero-order valence-electron chi connectivity index (χ0n) is 10.5. The van der Waals surface area contributed by atoms with E-state index in [9.17, 15) is 0 Å². The molecule has 16 heavy (non-hydrogen) atoms. The molecule has 0 aliphatic heterocycles. The Morgan fingerprint density at radius 3 is 2.44 bits per heavy atom. The third-order valence-corrected chi connectivity index (χ3v) is 2.82.